The minimum atomic E-state index is -3.69. The third-order valence-electron chi connectivity index (χ3n) is 6.16. The van der Waals surface area contributed by atoms with Crippen molar-refractivity contribution in [3.63, 3.8) is 0 Å². The lowest BCUT2D eigenvalue weighted by molar-refractivity contribution is -0.116. The van der Waals surface area contributed by atoms with Crippen molar-refractivity contribution < 1.29 is 22.7 Å². The van der Waals surface area contributed by atoms with Gasteiger partial charge in [0.15, 0.2) is 0 Å². The van der Waals surface area contributed by atoms with Crippen LogP contribution >= 0.6 is 0 Å². The Bertz CT molecular complexity index is 1140. The van der Waals surface area contributed by atoms with E-state index < -0.39 is 15.9 Å². The summed E-state index contributed by atoms with van der Waals surface area (Å²) >= 11 is 0. The number of nitrogens with zero attached hydrogens (tertiary/aromatic N) is 3. The fraction of sp³-hybridized carbons (Fsp3) is 0.417. The van der Waals surface area contributed by atoms with E-state index in [-0.39, 0.29) is 29.8 Å². The molecule has 2 fully saturated rings. The second kappa shape index (κ2) is 10.1. The molecule has 0 unspecified atom stereocenters. The van der Waals surface area contributed by atoms with Crippen LogP contribution in [0.15, 0.2) is 48.5 Å². The quantitative estimate of drug-likeness (QED) is 0.635. The predicted molar refractivity (Wildman–Crippen MR) is 131 cm³/mol. The molecule has 1 N–H and O–H groups in total. The van der Waals surface area contributed by atoms with E-state index in [1.165, 1.54) is 12.1 Å². The normalized spacial score (nSPS) is 19.1. The van der Waals surface area contributed by atoms with Crippen LogP contribution in [0.2, 0.25) is 0 Å². The molecular formula is C24H30N4O5S. The molecule has 0 radical (unpaired) electrons. The molecule has 182 valence electrons. The average molecular weight is 487 g/mol. The lowest BCUT2D eigenvalue weighted by Gasteiger charge is -2.35. The fourth-order valence-electron chi connectivity index (χ4n) is 4.28. The van der Waals surface area contributed by atoms with E-state index in [2.05, 4.69) is 34.5 Å². The summed E-state index contributed by atoms with van der Waals surface area (Å²) in [6.07, 6.45) is -0.0490. The van der Waals surface area contributed by atoms with Crippen LogP contribution < -0.4 is 14.5 Å². The molecule has 4 rings (SSSR count). The number of hydrogen-bond acceptors (Lipinski definition) is 7. The third-order valence-corrected chi connectivity index (χ3v) is 7.85. The average Bonchev–Trinajstić information content (AvgIpc) is 3.12. The second-order valence-electron chi connectivity index (χ2n) is 8.63. The standard InChI is InChI=1S/C24H30N4O5S/c1-26(2)20-8-6-18(7-9-20)22(27-11-13-33-14-12-27)17-25-24(30)19-4-3-5-21(16-19)28-23(29)10-15-34(28,31)32/h3-9,16,22H,10-15,17H2,1-2H3,(H,25,30)/t22-/m0/s1. The lowest BCUT2D eigenvalue weighted by Crippen LogP contribution is -2.43. The topological polar surface area (TPSA) is 99.3 Å². The summed E-state index contributed by atoms with van der Waals surface area (Å²) in [6, 6.07) is 14.4. The first-order chi connectivity index (χ1) is 16.3. The van der Waals surface area contributed by atoms with Crippen LogP contribution in [-0.4, -0.2) is 77.8 Å². The molecule has 2 heterocycles. The first-order valence-corrected chi connectivity index (χ1v) is 12.9. The zero-order valence-electron chi connectivity index (χ0n) is 19.4. The third kappa shape index (κ3) is 5.24. The van der Waals surface area contributed by atoms with E-state index >= 15 is 0 Å². The van der Waals surface area contributed by atoms with Gasteiger partial charge in [-0.1, -0.05) is 18.2 Å². The number of rotatable bonds is 7. The van der Waals surface area contributed by atoms with E-state index in [1.54, 1.807) is 12.1 Å². The summed E-state index contributed by atoms with van der Waals surface area (Å²) in [6.45, 7) is 3.19. The van der Waals surface area contributed by atoms with E-state index in [0.717, 1.165) is 28.6 Å². The summed E-state index contributed by atoms with van der Waals surface area (Å²) < 4.78 is 30.8. The number of ether oxygens (including phenoxy) is 1. The highest BCUT2D eigenvalue weighted by Gasteiger charge is 2.36. The molecule has 0 saturated carbocycles. The molecule has 34 heavy (non-hydrogen) atoms. The SMILES string of the molecule is CN(C)c1ccc([C@H](CNC(=O)c2cccc(N3C(=O)CCS3(=O)=O)c2)N2CCOCC2)cc1. The summed E-state index contributed by atoms with van der Waals surface area (Å²) in [5, 5.41) is 3.00. The molecule has 2 amide bonds. The van der Waals surface area contributed by atoms with Gasteiger partial charge in [0.2, 0.25) is 15.9 Å². The van der Waals surface area contributed by atoms with Gasteiger partial charge < -0.3 is 15.0 Å². The Morgan fingerprint density at radius 2 is 1.82 bits per heavy atom. The fourth-order valence-corrected chi connectivity index (χ4v) is 5.73. The minimum absolute atomic E-state index is 0.0345. The monoisotopic (exact) mass is 486 g/mol. The molecule has 2 aromatic rings. The van der Waals surface area contributed by atoms with Crippen molar-refractivity contribution in [2.75, 3.05) is 61.9 Å². The zero-order chi connectivity index (χ0) is 24.3. The van der Waals surface area contributed by atoms with Crippen LogP contribution in [0.5, 0.6) is 0 Å². The number of nitrogens with one attached hydrogen (secondary N) is 1. The largest absolute Gasteiger partial charge is 0.379 e. The number of morpholine rings is 1. The molecule has 0 aliphatic carbocycles. The van der Waals surface area contributed by atoms with Gasteiger partial charge in [-0.3, -0.25) is 14.5 Å². The van der Waals surface area contributed by atoms with Gasteiger partial charge in [-0.05, 0) is 35.9 Å². The highest BCUT2D eigenvalue weighted by atomic mass is 32.2. The van der Waals surface area contributed by atoms with Gasteiger partial charge in [0, 0.05) is 51.4 Å². The number of hydrogen-bond donors (Lipinski definition) is 1. The Morgan fingerprint density at radius 1 is 1.12 bits per heavy atom. The summed E-state index contributed by atoms with van der Waals surface area (Å²) in [7, 11) is 0.292. The van der Waals surface area contributed by atoms with Crippen molar-refractivity contribution in [3.8, 4) is 0 Å². The lowest BCUT2D eigenvalue weighted by atomic mass is 10.0. The van der Waals surface area contributed by atoms with Crippen molar-refractivity contribution in [1.82, 2.24) is 10.2 Å². The highest BCUT2D eigenvalue weighted by molar-refractivity contribution is 7.94. The Kier molecular flexibility index (Phi) is 7.20. The molecule has 10 heteroatoms. The summed E-state index contributed by atoms with van der Waals surface area (Å²) in [4.78, 5) is 29.4. The maximum absolute atomic E-state index is 13.0. The van der Waals surface area contributed by atoms with Crippen LogP contribution in [0, 0.1) is 0 Å². The van der Waals surface area contributed by atoms with Crippen LogP contribution in [0.1, 0.15) is 28.4 Å². The molecule has 2 aliphatic rings. The molecule has 9 nitrogen and oxygen atoms in total. The van der Waals surface area contributed by atoms with Gasteiger partial charge in [0.25, 0.3) is 5.91 Å². The van der Waals surface area contributed by atoms with Crippen LogP contribution in [0.3, 0.4) is 0 Å². The number of sulfonamides is 1. The van der Waals surface area contributed by atoms with Crippen molar-refractivity contribution in [1.29, 1.82) is 0 Å². The van der Waals surface area contributed by atoms with Gasteiger partial charge in [-0.25, -0.2) is 12.7 Å². The smallest absolute Gasteiger partial charge is 0.251 e. The Hall–Kier alpha value is -2.95. The summed E-state index contributed by atoms with van der Waals surface area (Å²) in [5.41, 5.74) is 2.68. The Balaban J connectivity index is 1.51. The molecule has 0 spiro atoms. The molecular weight excluding hydrogens is 456 g/mol. The van der Waals surface area contributed by atoms with Gasteiger partial charge >= 0.3 is 0 Å². The van der Waals surface area contributed by atoms with Gasteiger partial charge in [-0.2, -0.15) is 0 Å². The van der Waals surface area contributed by atoms with Crippen LogP contribution in [0.25, 0.3) is 0 Å². The maximum atomic E-state index is 13.0. The maximum Gasteiger partial charge on any atom is 0.251 e. The predicted octanol–water partition coefficient (Wildman–Crippen LogP) is 1.62. The molecule has 0 bridgehead atoms. The molecule has 1 atom stereocenters. The zero-order valence-corrected chi connectivity index (χ0v) is 20.3. The first kappa shape index (κ1) is 24.2. The minimum Gasteiger partial charge on any atom is -0.379 e. The van der Waals surface area contributed by atoms with Crippen LogP contribution in [-0.2, 0) is 19.6 Å². The molecule has 2 saturated heterocycles. The Morgan fingerprint density at radius 3 is 2.44 bits per heavy atom. The van der Waals surface area contributed by atoms with E-state index in [9.17, 15) is 18.0 Å². The van der Waals surface area contributed by atoms with Crippen molar-refractivity contribution in [2.45, 2.75) is 12.5 Å². The molecule has 2 aliphatic heterocycles. The van der Waals surface area contributed by atoms with Gasteiger partial charge in [0.05, 0.1) is 30.7 Å². The number of carbonyl (C=O) groups is 2. The molecule has 0 aromatic heterocycles. The molecule has 2 aromatic carbocycles. The summed E-state index contributed by atoms with van der Waals surface area (Å²) in [5.74, 6) is -1.02. The van der Waals surface area contributed by atoms with Crippen molar-refractivity contribution >= 4 is 33.2 Å². The van der Waals surface area contributed by atoms with Crippen LogP contribution in [0.4, 0.5) is 11.4 Å². The van der Waals surface area contributed by atoms with Gasteiger partial charge in [-0.15, -0.1) is 0 Å². The highest BCUT2D eigenvalue weighted by Crippen LogP contribution is 2.27. The number of carbonyl (C=O) groups excluding carboxylic acids is 2. The van der Waals surface area contributed by atoms with Gasteiger partial charge in [0.1, 0.15) is 0 Å². The number of amides is 2. The van der Waals surface area contributed by atoms with E-state index in [0.29, 0.717) is 25.3 Å². The number of benzene rings is 2. The van der Waals surface area contributed by atoms with Crippen molar-refractivity contribution in [3.05, 3.63) is 59.7 Å². The first-order valence-electron chi connectivity index (χ1n) is 11.3. The van der Waals surface area contributed by atoms with E-state index in [1.807, 2.05) is 19.0 Å². The number of anilines is 2. The van der Waals surface area contributed by atoms with E-state index in [4.69, 9.17) is 4.74 Å². The van der Waals surface area contributed by atoms with Crippen molar-refractivity contribution in [2.24, 2.45) is 0 Å². The Labute approximate surface area is 200 Å². The second-order valence-corrected chi connectivity index (χ2v) is 10.6.